The van der Waals surface area contributed by atoms with Crippen LogP contribution in [0.1, 0.15) is 22.4 Å². The Bertz CT molecular complexity index is 1360. The van der Waals surface area contributed by atoms with Gasteiger partial charge in [0.05, 0.1) is 23.9 Å². The summed E-state index contributed by atoms with van der Waals surface area (Å²) in [6.45, 7) is 3.25. The third kappa shape index (κ3) is 4.74. The van der Waals surface area contributed by atoms with Gasteiger partial charge >= 0.3 is 5.97 Å². The van der Waals surface area contributed by atoms with Gasteiger partial charge in [0.15, 0.2) is 6.61 Å². The molecule has 1 amide bonds. The Morgan fingerprint density at radius 1 is 1.03 bits per heavy atom. The van der Waals surface area contributed by atoms with E-state index in [4.69, 9.17) is 4.74 Å². The molecular formula is C26H23N5O3. The van der Waals surface area contributed by atoms with Gasteiger partial charge in [0, 0.05) is 23.1 Å². The monoisotopic (exact) mass is 453 g/mol. The highest BCUT2D eigenvalue weighted by Gasteiger charge is 2.21. The Labute approximate surface area is 197 Å². The molecule has 0 saturated heterocycles. The molecule has 0 aliphatic carbocycles. The van der Waals surface area contributed by atoms with Crippen LogP contribution in [-0.4, -0.2) is 32.8 Å². The number of para-hydroxylation sites is 2. The average molecular weight is 454 g/mol. The van der Waals surface area contributed by atoms with Crippen LogP contribution in [0.25, 0.3) is 11.4 Å². The molecule has 0 radical (unpaired) electrons. The molecule has 0 bridgehead atoms. The number of hydrogen-bond donors (Lipinski definition) is 1. The highest BCUT2D eigenvalue weighted by Crippen LogP contribution is 2.29. The van der Waals surface area contributed by atoms with E-state index in [-0.39, 0.29) is 6.42 Å². The van der Waals surface area contributed by atoms with Gasteiger partial charge in [0.25, 0.3) is 5.91 Å². The SMILES string of the molecule is Cc1c(C#N)c(NC(=O)COC(=O)Cc2cnn(-c3ccccc3)c2)n(-c2ccccc2)c1C. The number of ether oxygens (including phenoxy) is 1. The second-order valence-corrected chi connectivity index (χ2v) is 7.73. The lowest BCUT2D eigenvalue weighted by atomic mass is 10.2. The van der Waals surface area contributed by atoms with Gasteiger partial charge in [-0.25, -0.2) is 4.68 Å². The topological polar surface area (TPSA) is 102 Å². The summed E-state index contributed by atoms with van der Waals surface area (Å²) in [7, 11) is 0. The third-order valence-corrected chi connectivity index (χ3v) is 5.47. The van der Waals surface area contributed by atoms with Crippen LogP contribution in [0.5, 0.6) is 0 Å². The van der Waals surface area contributed by atoms with Gasteiger partial charge in [-0.3, -0.25) is 14.2 Å². The molecule has 8 nitrogen and oxygen atoms in total. The first-order chi connectivity index (χ1) is 16.5. The molecular weight excluding hydrogens is 430 g/mol. The van der Waals surface area contributed by atoms with Crippen LogP contribution in [0.3, 0.4) is 0 Å². The number of amides is 1. The number of benzene rings is 2. The molecule has 8 heteroatoms. The van der Waals surface area contributed by atoms with E-state index in [9.17, 15) is 14.9 Å². The van der Waals surface area contributed by atoms with E-state index in [0.717, 1.165) is 22.6 Å². The van der Waals surface area contributed by atoms with Gasteiger partial charge in [-0.15, -0.1) is 0 Å². The summed E-state index contributed by atoms with van der Waals surface area (Å²) in [4.78, 5) is 24.9. The lowest BCUT2D eigenvalue weighted by Gasteiger charge is -2.13. The van der Waals surface area contributed by atoms with Crippen LogP contribution < -0.4 is 5.32 Å². The van der Waals surface area contributed by atoms with Crippen molar-refractivity contribution in [3.05, 3.63) is 95.4 Å². The third-order valence-electron chi connectivity index (χ3n) is 5.47. The van der Waals surface area contributed by atoms with Gasteiger partial charge in [-0.1, -0.05) is 36.4 Å². The molecule has 1 N–H and O–H groups in total. The number of aromatic nitrogens is 3. The van der Waals surface area contributed by atoms with Crippen molar-refractivity contribution in [3.63, 3.8) is 0 Å². The summed E-state index contributed by atoms with van der Waals surface area (Å²) >= 11 is 0. The molecule has 0 atom stereocenters. The number of esters is 1. The van der Waals surface area contributed by atoms with E-state index in [1.165, 1.54) is 0 Å². The smallest absolute Gasteiger partial charge is 0.310 e. The minimum absolute atomic E-state index is 0.0117. The fourth-order valence-corrected chi connectivity index (χ4v) is 3.67. The maximum atomic E-state index is 12.6. The molecule has 0 spiro atoms. The van der Waals surface area contributed by atoms with Gasteiger partial charge < -0.3 is 10.1 Å². The molecule has 2 heterocycles. The van der Waals surface area contributed by atoms with Gasteiger partial charge in [-0.2, -0.15) is 10.4 Å². The number of anilines is 1. The van der Waals surface area contributed by atoms with Crippen LogP contribution in [0.4, 0.5) is 5.82 Å². The van der Waals surface area contributed by atoms with Crippen molar-refractivity contribution in [1.29, 1.82) is 5.26 Å². The quantitative estimate of drug-likeness (QED) is 0.428. The van der Waals surface area contributed by atoms with Crippen molar-refractivity contribution in [2.75, 3.05) is 11.9 Å². The maximum absolute atomic E-state index is 12.6. The standard InChI is InChI=1S/C26H23N5O3/c1-18-19(2)31(22-11-7-4-8-12-22)26(23(18)14-27)29-24(32)17-34-25(33)13-20-15-28-30(16-20)21-9-5-3-6-10-21/h3-12,15-16H,13,17H2,1-2H3,(H,29,32). The number of nitrogens with zero attached hydrogens (tertiary/aromatic N) is 4. The minimum atomic E-state index is -0.547. The minimum Gasteiger partial charge on any atom is -0.455 e. The van der Waals surface area contributed by atoms with Crippen molar-refractivity contribution in [2.45, 2.75) is 20.3 Å². The molecule has 170 valence electrons. The molecule has 2 aromatic heterocycles. The van der Waals surface area contributed by atoms with E-state index in [1.54, 1.807) is 17.1 Å². The van der Waals surface area contributed by atoms with Crippen LogP contribution in [0, 0.1) is 25.2 Å². The average Bonchev–Trinajstić information content (AvgIpc) is 3.41. The number of hydrogen-bond acceptors (Lipinski definition) is 5. The summed E-state index contributed by atoms with van der Waals surface area (Å²) in [5.74, 6) is -0.720. The summed E-state index contributed by atoms with van der Waals surface area (Å²) in [6, 6.07) is 21.1. The summed E-state index contributed by atoms with van der Waals surface area (Å²) in [5, 5.41) is 16.7. The number of carbonyl (C=O) groups excluding carboxylic acids is 2. The first-order valence-corrected chi connectivity index (χ1v) is 10.7. The van der Waals surface area contributed by atoms with Crippen molar-refractivity contribution in [3.8, 4) is 17.4 Å². The molecule has 2 aromatic carbocycles. The number of nitrogens with one attached hydrogen (secondary N) is 1. The van der Waals surface area contributed by atoms with E-state index >= 15 is 0 Å². The van der Waals surface area contributed by atoms with Crippen molar-refractivity contribution in [2.24, 2.45) is 0 Å². The molecule has 0 fully saturated rings. The first-order valence-electron chi connectivity index (χ1n) is 10.7. The molecule has 34 heavy (non-hydrogen) atoms. The Kier molecular flexibility index (Phi) is 6.55. The number of carbonyl (C=O) groups is 2. The van der Waals surface area contributed by atoms with Crippen molar-refractivity contribution >= 4 is 17.7 Å². The fraction of sp³-hybridized carbons (Fsp3) is 0.154. The highest BCUT2D eigenvalue weighted by molar-refractivity contribution is 5.94. The van der Waals surface area contributed by atoms with E-state index in [1.807, 2.05) is 79.1 Å². The van der Waals surface area contributed by atoms with Crippen LogP contribution in [0.2, 0.25) is 0 Å². The molecule has 4 rings (SSSR count). The zero-order valence-corrected chi connectivity index (χ0v) is 18.9. The Morgan fingerprint density at radius 2 is 1.68 bits per heavy atom. The highest BCUT2D eigenvalue weighted by atomic mass is 16.5. The predicted molar refractivity (Wildman–Crippen MR) is 127 cm³/mol. The van der Waals surface area contributed by atoms with E-state index in [2.05, 4.69) is 16.5 Å². The first kappa shape index (κ1) is 22.6. The van der Waals surface area contributed by atoms with Crippen molar-refractivity contribution < 1.29 is 14.3 Å². The molecule has 0 aliphatic rings. The largest absolute Gasteiger partial charge is 0.455 e. The second-order valence-electron chi connectivity index (χ2n) is 7.73. The number of nitriles is 1. The lowest BCUT2D eigenvalue weighted by Crippen LogP contribution is -2.23. The Morgan fingerprint density at radius 3 is 2.32 bits per heavy atom. The Hall–Kier alpha value is -4.64. The number of rotatable bonds is 7. The summed E-state index contributed by atoms with van der Waals surface area (Å²) < 4.78 is 8.65. The van der Waals surface area contributed by atoms with Crippen LogP contribution in [-0.2, 0) is 20.7 Å². The van der Waals surface area contributed by atoms with Gasteiger partial charge in [0.1, 0.15) is 11.9 Å². The zero-order valence-electron chi connectivity index (χ0n) is 18.9. The fourth-order valence-electron chi connectivity index (χ4n) is 3.67. The van der Waals surface area contributed by atoms with Crippen LogP contribution in [0.15, 0.2) is 73.1 Å². The van der Waals surface area contributed by atoms with Gasteiger partial charge in [0.2, 0.25) is 0 Å². The van der Waals surface area contributed by atoms with Gasteiger partial charge in [-0.05, 0) is 43.7 Å². The normalized spacial score (nSPS) is 10.5. The molecule has 0 aliphatic heterocycles. The van der Waals surface area contributed by atoms with E-state index < -0.39 is 18.5 Å². The van der Waals surface area contributed by atoms with Crippen LogP contribution >= 0.6 is 0 Å². The molecule has 0 unspecified atom stereocenters. The van der Waals surface area contributed by atoms with Crippen molar-refractivity contribution in [1.82, 2.24) is 14.3 Å². The second kappa shape index (κ2) is 9.88. The summed E-state index contributed by atoms with van der Waals surface area (Å²) in [5.41, 5.74) is 4.34. The Balaban J connectivity index is 1.41. The maximum Gasteiger partial charge on any atom is 0.310 e. The lowest BCUT2D eigenvalue weighted by molar-refractivity contribution is -0.146. The molecule has 0 saturated carbocycles. The zero-order chi connectivity index (χ0) is 24.1. The van der Waals surface area contributed by atoms with E-state index in [0.29, 0.717) is 16.9 Å². The summed E-state index contributed by atoms with van der Waals surface area (Å²) in [6.07, 6.45) is 3.32. The molecule has 4 aromatic rings. The predicted octanol–water partition coefficient (Wildman–Crippen LogP) is 3.88.